The van der Waals surface area contributed by atoms with E-state index in [0.29, 0.717) is 28.6 Å². The van der Waals surface area contributed by atoms with E-state index in [1.165, 1.54) is 6.21 Å². The molecule has 1 fully saturated rings. The third-order valence-electron chi connectivity index (χ3n) is 4.55. The molecule has 0 aromatic heterocycles. The molecule has 11 heteroatoms. The molecule has 2 aromatic carbocycles. The Morgan fingerprint density at radius 1 is 1.18 bits per heavy atom. The molecule has 1 aliphatic heterocycles. The number of nitrogens with zero attached hydrogens (tertiary/aromatic N) is 1. The molecule has 1 heterocycles. The normalized spacial score (nSPS) is 15.3. The molecule has 0 unspecified atom stereocenters. The topological polar surface area (TPSA) is 118 Å². The van der Waals surface area contributed by atoms with Crippen LogP contribution in [0.1, 0.15) is 18.4 Å². The Morgan fingerprint density at radius 2 is 1.97 bits per heavy atom. The summed E-state index contributed by atoms with van der Waals surface area (Å²) < 4.78 is 11.7. The van der Waals surface area contributed by atoms with E-state index < -0.39 is 11.8 Å². The smallest absolute Gasteiger partial charge is 0.329 e. The van der Waals surface area contributed by atoms with E-state index in [-0.39, 0.29) is 25.2 Å². The van der Waals surface area contributed by atoms with Gasteiger partial charge in [0, 0.05) is 33.9 Å². The molecule has 1 aliphatic rings. The van der Waals surface area contributed by atoms with Crippen LogP contribution in [0.2, 0.25) is 5.02 Å². The maximum Gasteiger partial charge on any atom is 0.329 e. The largest absolute Gasteiger partial charge is 0.483 e. The maximum absolute atomic E-state index is 12.2. The van der Waals surface area contributed by atoms with Gasteiger partial charge in [-0.25, -0.2) is 5.43 Å². The van der Waals surface area contributed by atoms with E-state index in [1.807, 2.05) is 0 Å². The van der Waals surface area contributed by atoms with E-state index in [9.17, 15) is 14.4 Å². The number of carbonyl (C=O) groups excluding carboxylic acids is 3. The predicted octanol–water partition coefficient (Wildman–Crippen LogP) is 2.87. The molecule has 1 atom stereocenters. The highest BCUT2D eigenvalue weighted by atomic mass is 79.9. The average molecular weight is 538 g/mol. The molecule has 9 nitrogen and oxygen atoms in total. The zero-order chi connectivity index (χ0) is 23.6. The van der Waals surface area contributed by atoms with Crippen LogP contribution in [0.25, 0.3) is 0 Å². The molecule has 33 heavy (non-hydrogen) atoms. The predicted molar refractivity (Wildman–Crippen MR) is 127 cm³/mol. The Bertz CT molecular complexity index is 1030. The van der Waals surface area contributed by atoms with Crippen LogP contribution < -0.4 is 20.8 Å². The van der Waals surface area contributed by atoms with Crippen molar-refractivity contribution in [1.82, 2.24) is 10.7 Å². The number of nitrogens with one attached hydrogen (secondary N) is 3. The first kappa shape index (κ1) is 24.7. The van der Waals surface area contributed by atoms with Gasteiger partial charge >= 0.3 is 11.8 Å². The van der Waals surface area contributed by atoms with Crippen LogP contribution in [0, 0.1) is 0 Å². The van der Waals surface area contributed by atoms with Crippen molar-refractivity contribution in [1.29, 1.82) is 0 Å². The van der Waals surface area contributed by atoms with Crippen molar-refractivity contribution in [2.45, 2.75) is 18.9 Å². The lowest BCUT2D eigenvalue weighted by molar-refractivity contribution is -0.139. The average Bonchev–Trinajstić information content (AvgIpc) is 3.32. The highest BCUT2D eigenvalue weighted by Crippen LogP contribution is 2.22. The van der Waals surface area contributed by atoms with Crippen LogP contribution in [-0.4, -0.2) is 49.8 Å². The van der Waals surface area contributed by atoms with E-state index >= 15 is 0 Å². The molecule has 0 aliphatic carbocycles. The number of anilines is 1. The molecule has 2 aromatic rings. The Balaban J connectivity index is 1.51. The van der Waals surface area contributed by atoms with Crippen molar-refractivity contribution in [3.05, 3.63) is 57.5 Å². The third kappa shape index (κ3) is 8.16. The van der Waals surface area contributed by atoms with Gasteiger partial charge in [-0.05, 0) is 55.3 Å². The molecule has 0 saturated carbocycles. The number of halogens is 2. The first-order valence-corrected chi connectivity index (χ1v) is 11.3. The van der Waals surface area contributed by atoms with Crippen LogP contribution in [0.3, 0.4) is 0 Å². The number of ether oxygens (including phenoxy) is 2. The molecule has 3 amide bonds. The summed E-state index contributed by atoms with van der Waals surface area (Å²) in [7, 11) is 0. The van der Waals surface area contributed by atoms with Gasteiger partial charge < -0.3 is 20.1 Å². The number of benzene rings is 2. The van der Waals surface area contributed by atoms with Crippen LogP contribution in [0.5, 0.6) is 5.75 Å². The van der Waals surface area contributed by atoms with Gasteiger partial charge in [0.25, 0.3) is 5.91 Å². The second-order valence-corrected chi connectivity index (χ2v) is 8.42. The molecular formula is C22H22BrClN4O5. The van der Waals surface area contributed by atoms with Gasteiger partial charge in [0.15, 0.2) is 6.61 Å². The maximum atomic E-state index is 12.2. The van der Waals surface area contributed by atoms with Crippen LogP contribution in [-0.2, 0) is 19.1 Å². The zero-order valence-corrected chi connectivity index (χ0v) is 19.8. The minimum absolute atomic E-state index is 0.0662. The fourth-order valence-corrected chi connectivity index (χ4v) is 3.43. The molecule has 1 saturated heterocycles. The van der Waals surface area contributed by atoms with Gasteiger partial charge in [0.2, 0.25) is 0 Å². The van der Waals surface area contributed by atoms with Gasteiger partial charge in [-0.3, -0.25) is 14.4 Å². The lowest BCUT2D eigenvalue weighted by Gasteiger charge is -2.10. The second-order valence-electron chi connectivity index (χ2n) is 7.07. The molecule has 0 radical (unpaired) electrons. The van der Waals surface area contributed by atoms with Crippen molar-refractivity contribution < 1.29 is 23.9 Å². The lowest BCUT2D eigenvalue weighted by atomic mass is 10.2. The van der Waals surface area contributed by atoms with Gasteiger partial charge in [-0.1, -0.05) is 27.5 Å². The van der Waals surface area contributed by atoms with Gasteiger partial charge in [-0.15, -0.1) is 0 Å². The summed E-state index contributed by atoms with van der Waals surface area (Å²) in [6.45, 7) is 0.692. The summed E-state index contributed by atoms with van der Waals surface area (Å²) in [6, 6.07) is 11.8. The molecule has 3 N–H and O–H groups in total. The van der Waals surface area contributed by atoms with Gasteiger partial charge in [0.1, 0.15) is 5.75 Å². The Hall–Kier alpha value is -2.95. The number of hydrogen-bond acceptors (Lipinski definition) is 6. The monoisotopic (exact) mass is 536 g/mol. The second kappa shape index (κ2) is 12.3. The molecule has 0 bridgehead atoms. The number of rotatable bonds is 8. The lowest BCUT2D eigenvalue weighted by Crippen LogP contribution is -2.41. The molecule has 3 rings (SSSR count). The first-order valence-electron chi connectivity index (χ1n) is 10.1. The van der Waals surface area contributed by atoms with E-state index in [2.05, 4.69) is 37.1 Å². The highest BCUT2D eigenvalue weighted by Gasteiger charge is 2.19. The minimum Gasteiger partial charge on any atom is -0.483 e. The minimum atomic E-state index is -0.899. The zero-order valence-electron chi connectivity index (χ0n) is 17.5. The fourth-order valence-electron chi connectivity index (χ4n) is 2.93. The number of carbonyl (C=O) groups is 3. The summed E-state index contributed by atoms with van der Waals surface area (Å²) >= 11 is 9.19. The molecular weight excluding hydrogens is 516 g/mol. The van der Waals surface area contributed by atoms with E-state index in [4.69, 9.17) is 21.1 Å². The first-order chi connectivity index (χ1) is 15.9. The highest BCUT2D eigenvalue weighted by molar-refractivity contribution is 9.10. The third-order valence-corrected chi connectivity index (χ3v) is 5.29. The number of amides is 3. The SMILES string of the molecule is O=C(COc1ccc(Br)cc1/C=N\NC(=O)C(=O)NC[C@@H]1CCCO1)Nc1ccc(Cl)cc1. The van der Waals surface area contributed by atoms with Gasteiger partial charge in [-0.2, -0.15) is 5.10 Å². The summed E-state index contributed by atoms with van der Waals surface area (Å²) in [4.78, 5) is 36.0. The van der Waals surface area contributed by atoms with Gasteiger partial charge in [0.05, 0.1) is 12.3 Å². The summed E-state index contributed by atoms with van der Waals surface area (Å²) in [5, 5.41) is 9.59. The fraction of sp³-hybridized carbons (Fsp3) is 0.273. The number of hydrogen-bond donors (Lipinski definition) is 3. The number of hydrazone groups is 1. The van der Waals surface area contributed by atoms with Crippen molar-refractivity contribution in [3.8, 4) is 5.75 Å². The van der Waals surface area contributed by atoms with Crippen molar-refractivity contribution in [2.75, 3.05) is 25.1 Å². The Morgan fingerprint density at radius 3 is 2.70 bits per heavy atom. The van der Waals surface area contributed by atoms with Crippen LogP contribution in [0.4, 0.5) is 5.69 Å². The summed E-state index contributed by atoms with van der Waals surface area (Å²) in [5.74, 6) is -1.69. The Kier molecular flexibility index (Phi) is 9.23. The van der Waals surface area contributed by atoms with E-state index in [1.54, 1.807) is 42.5 Å². The Labute approximate surface area is 204 Å². The van der Waals surface area contributed by atoms with E-state index in [0.717, 1.165) is 17.3 Å². The van der Waals surface area contributed by atoms with Crippen LogP contribution in [0.15, 0.2) is 52.0 Å². The van der Waals surface area contributed by atoms with Crippen molar-refractivity contribution in [3.63, 3.8) is 0 Å². The van der Waals surface area contributed by atoms with Crippen molar-refractivity contribution in [2.24, 2.45) is 5.10 Å². The quantitative estimate of drug-likeness (QED) is 0.272. The van der Waals surface area contributed by atoms with Crippen molar-refractivity contribution >= 4 is 57.2 Å². The molecule has 174 valence electrons. The standard InChI is InChI=1S/C22H22BrClN4O5/c23-15-3-8-19(33-13-20(29)27-17-6-4-16(24)5-7-17)14(10-15)11-26-28-22(31)21(30)25-12-18-2-1-9-32-18/h3-8,10-11,18H,1-2,9,12-13H2,(H,25,30)(H,27,29)(H,28,31)/b26-11-/t18-/m0/s1. The van der Waals surface area contributed by atoms with Crippen LogP contribution >= 0.6 is 27.5 Å². The summed E-state index contributed by atoms with van der Waals surface area (Å²) in [5.41, 5.74) is 3.25. The molecule has 0 spiro atoms. The summed E-state index contributed by atoms with van der Waals surface area (Å²) in [6.07, 6.45) is 3.05.